The number of likely N-dealkylation sites (tertiary alicyclic amines) is 1. The van der Waals surface area contributed by atoms with Crippen LogP contribution >= 0.6 is 0 Å². The summed E-state index contributed by atoms with van der Waals surface area (Å²) in [6.45, 7) is 1.44. The third-order valence-electron chi connectivity index (χ3n) is 5.24. The van der Waals surface area contributed by atoms with Gasteiger partial charge in [0.25, 0.3) is 5.91 Å². The van der Waals surface area contributed by atoms with Crippen molar-refractivity contribution >= 4 is 15.7 Å². The Morgan fingerprint density at radius 2 is 1.67 bits per heavy atom. The van der Waals surface area contributed by atoms with Crippen LogP contribution in [-0.4, -0.2) is 38.1 Å². The molecule has 0 spiro atoms. The van der Waals surface area contributed by atoms with Crippen molar-refractivity contribution in [2.24, 2.45) is 11.8 Å². The number of nitrogens with zero attached hydrogens (tertiary/aromatic N) is 1. The van der Waals surface area contributed by atoms with Crippen molar-refractivity contribution in [1.82, 2.24) is 4.90 Å². The summed E-state index contributed by atoms with van der Waals surface area (Å²) >= 11 is 0. The van der Waals surface area contributed by atoms with Gasteiger partial charge in [-0.05, 0) is 48.9 Å². The fourth-order valence-corrected chi connectivity index (χ4v) is 4.58. The molecular weight excluding hydrogens is 336 g/mol. The Morgan fingerprint density at radius 3 is 2.29 bits per heavy atom. The van der Waals surface area contributed by atoms with Gasteiger partial charge in [0.2, 0.25) is 9.84 Å². The standard InChI is InChI=1S/C17H21F2NO3S/c18-17(19)24(22,23)15-7-5-13(6-8-15)16(21)20-10-9-12-3-1-2-4-14(12)11-20/h5-8,12,14,17H,1-4,9-11H2. The molecule has 4 nitrogen and oxygen atoms in total. The van der Waals surface area contributed by atoms with Crippen LogP contribution in [0, 0.1) is 11.8 Å². The van der Waals surface area contributed by atoms with Gasteiger partial charge in [0, 0.05) is 18.7 Å². The fourth-order valence-electron chi connectivity index (χ4n) is 3.86. The molecule has 1 aromatic rings. The lowest BCUT2D eigenvalue weighted by molar-refractivity contribution is 0.0521. The number of carbonyl (C=O) groups excluding carboxylic acids is 1. The first-order valence-electron chi connectivity index (χ1n) is 8.31. The maximum atomic E-state index is 12.6. The number of hydrogen-bond acceptors (Lipinski definition) is 3. The second kappa shape index (κ2) is 6.78. The average molecular weight is 357 g/mol. The van der Waals surface area contributed by atoms with Crippen LogP contribution in [0.15, 0.2) is 29.2 Å². The Morgan fingerprint density at radius 1 is 1.04 bits per heavy atom. The van der Waals surface area contributed by atoms with E-state index in [1.165, 1.54) is 31.4 Å². The predicted molar refractivity (Wildman–Crippen MR) is 85.6 cm³/mol. The van der Waals surface area contributed by atoms with E-state index in [4.69, 9.17) is 0 Å². The number of rotatable bonds is 3. The van der Waals surface area contributed by atoms with Crippen LogP contribution in [0.1, 0.15) is 42.5 Å². The summed E-state index contributed by atoms with van der Waals surface area (Å²) in [5, 5.41) is 0. The van der Waals surface area contributed by atoms with Crippen LogP contribution < -0.4 is 0 Å². The third kappa shape index (κ3) is 3.31. The van der Waals surface area contributed by atoms with Crippen molar-refractivity contribution in [3.05, 3.63) is 29.8 Å². The molecule has 1 saturated carbocycles. The largest absolute Gasteiger partial charge is 0.341 e. The topological polar surface area (TPSA) is 54.5 Å². The van der Waals surface area contributed by atoms with Crippen molar-refractivity contribution in [3.63, 3.8) is 0 Å². The van der Waals surface area contributed by atoms with Crippen LogP contribution in [0.2, 0.25) is 0 Å². The molecule has 1 saturated heterocycles. The van der Waals surface area contributed by atoms with E-state index in [-0.39, 0.29) is 5.91 Å². The molecule has 1 heterocycles. The molecule has 1 aromatic carbocycles. The van der Waals surface area contributed by atoms with E-state index in [0.717, 1.165) is 31.5 Å². The van der Waals surface area contributed by atoms with Gasteiger partial charge < -0.3 is 4.90 Å². The molecule has 0 aromatic heterocycles. The van der Waals surface area contributed by atoms with Gasteiger partial charge >= 0.3 is 5.76 Å². The van der Waals surface area contributed by atoms with Crippen molar-refractivity contribution in [3.8, 4) is 0 Å². The van der Waals surface area contributed by atoms with Crippen LogP contribution in [0.25, 0.3) is 0 Å². The Hall–Kier alpha value is -1.50. The summed E-state index contributed by atoms with van der Waals surface area (Å²) < 4.78 is 47.9. The van der Waals surface area contributed by atoms with Gasteiger partial charge in [0.05, 0.1) is 4.90 Å². The second-order valence-electron chi connectivity index (χ2n) is 6.67. The predicted octanol–water partition coefficient (Wildman–Crippen LogP) is 3.34. The summed E-state index contributed by atoms with van der Waals surface area (Å²) in [6, 6.07) is 4.82. The van der Waals surface area contributed by atoms with Crippen molar-refractivity contribution in [1.29, 1.82) is 0 Å². The number of sulfone groups is 1. The molecule has 1 aliphatic carbocycles. The van der Waals surface area contributed by atoms with Crippen LogP contribution in [0.4, 0.5) is 8.78 Å². The molecule has 2 aliphatic rings. The highest BCUT2D eigenvalue weighted by atomic mass is 32.2. The van der Waals surface area contributed by atoms with Crippen molar-refractivity contribution in [2.45, 2.75) is 42.8 Å². The van der Waals surface area contributed by atoms with Crippen LogP contribution in [-0.2, 0) is 9.84 Å². The van der Waals surface area contributed by atoms with E-state index in [1.54, 1.807) is 0 Å². The number of hydrogen-bond donors (Lipinski definition) is 0. The summed E-state index contributed by atoms with van der Waals surface area (Å²) in [7, 11) is -4.62. The van der Waals surface area contributed by atoms with Gasteiger partial charge in [-0.3, -0.25) is 4.79 Å². The Bertz CT molecular complexity index is 703. The first kappa shape index (κ1) is 17.3. The zero-order chi connectivity index (χ0) is 17.3. The van der Waals surface area contributed by atoms with Gasteiger partial charge in [0.1, 0.15) is 0 Å². The maximum Gasteiger partial charge on any atom is 0.341 e. The highest BCUT2D eigenvalue weighted by molar-refractivity contribution is 7.91. The minimum absolute atomic E-state index is 0.153. The van der Waals surface area contributed by atoms with Gasteiger partial charge in [-0.25, -0.2) is 8.42 Å². The molecule has 7 heteroatoms. The zero-order valence-corrected chi connectivity index (χ0v) is 14.1. The molecule has 3 rings (SSSR count). The number of piperidine rings is 1. The molecule has 0 N–H and O–H groups in total. The fraction of sp³-hybridized carbons (Fsp3) is 0.588. The quantitative estimate of drug-likeness (QED) is 0.834. The molecule has 2 atom stereocenters. The summed E-state index contributed by atoms with van der Waals surface area (Å²) in [5.41, 5.74) is 0.345. The Balaban J connectivity index is 1.71. The lowest BCUT2D eigenvalue weighted by atomic mass is 9.75. The van der Waals surface area contributed by atoms with Crippen molar-refractivity contribution in [2.75, 3.05) is 13.1 Å². The molecule has 2 unspecified atom stereocenters. The number of alkyl halides is 2. The summed E-state index contributed by atoms with van der Waals surface area (Å²) in [5.74, 6) is -2.35. The number of halogens is 2. The maximum absolute atomic E-state index is 12.6. The summed E-state index contributed by atoms with van der Waals surface area (Å²) in [6.07, 6.45) is 5.89. The van der Waals surface area contributed by atoms with Crippen LogP contribution in [0.5, 0.6) is 0 Å². The molecular formula is C17H21F2NO3S. The Labute approximate surface area is 140 Å². The molecule has 24 heavy (non-hydrogen) atoms. The lowest BCUT2D eigenvalue weighted by Gasteiger charge is -2.41. The minimum Gasteiger partial charge on any atom is -0.338 e. The SMILES string of the molecule is O=C(c1ccc(S(=O)(=O)C(F)F)cc1)N1CCC2CCCCC2C1. The smallest absolute Gasteiger partial charge is 0.338 e. The van der Waals surface area contributed by atoms with E-state index < -0.39 is 20.5 Å². The van der Waals surface area contributed by atoms with Gasteiger partial charge in [-0.2, -0.15) is 8.78 Å². The van der Waals surface area contributed by atoms with Crippen LogP contribution in [0.3, 0.4) is 0 Å². The number of benzene rings is 1. The van der Waals surface area contributed by atoms with Gasteiger partial charge in [-0.15, -0.1) is 0 Å². The monoisotopic (exact) mass is 357 g/mol. The first-order valence-corrected chi connectivity index (χ1v) is 9.85. The Kier molecular flexibility index (Phi) is 4.90. The number of carbonyl (C=O) groups is 1. The molecule has 132 valence electrons. The van der Waals surface area contributed by atoms with Gasteiger partial charge in [0.15, 0.2) is 0 Å². The minimum atomic E-state index is -4.62. The van der Waals surface area contributed by atoms with E-state index in [2.05, 4.69) is 0 Å². The van der Waals surface area contributed by atoms with Crippen molar-refractivity contribution < 1.29 is 22.0 Å². The molecule has 0 radical (unpaired) electrons. The summed E-state index contributed by atoms with van der Waals surface area (Å²) in [4.78, 5) is 13.9. The zero-order valence-electron chi connectivity index (χ0n) is 13.3. The first-order chi connectivity index (χ1) is 11.4. The van der Waals surface area contributed by atoms with E-state index >= 15 is 0 Å². The highest BCUT2D eigenvalue weighted by Crippen LogP contribution is 2.36. The molecule has 0 bridgehead atoms. The van der Waals surface area contributed by atoms with E-state index in [0.29, 0.717) is 23.9 Å². The van der Waals surface area contributed by atoms with E-state index in [1.807, 2.05) is 4.90 Å². The third-order valence-corrected chi connectivity index (χ3v) is 6.64. The molecule has 1 aliphatic heterocycles. The molecule has 2 fully saturated rings. The number of amides is 1. The second-order valence-corrected chi connectivity index (χ2v) is 8.59. The molecule has 1 amide bonds. The lowest BCUT2D eigenvalue weighted by Crippen LogP contribution is -2.44. The number of fused-ring (bicyclic) bond motifs is 1. The average Bonchev–Trinajstić information content (AvgIpc) is 2.60. The highest BCUT2D eigenvalue weighted by Gasteiger charge is 2.33. The normalized spacial score (nSPS) is 24.7. The van der Waals surface area contributed by atoms with E-state index in [9.17, 15) is 22.0 Å². The van der Waals surface area contributed by atoms with Gasteiger partial charge in [-0.1, -0.05) is 19.3 Å².